The highest BCUT2D eigenvalue weighted by Gasteiger charge is 2.44. The smallest absolute Gasteiger partial charge is 0.232 e. The fourth-order valence-electron chi connectivity index (χ4n) is 2.58. The molecular weight excluding hydrogens is 288 g/mol. The van der Waals surface area contributed by atoms with Gasteiger partial charge in [-0.25, -0.2) is 17.6 Å². The standard InChI is InChI=1S/C14H16F4N2O/c1-7(2)14(3-4-19-6-14)13(21)20-12-10(17)8(15)5-9(16)11(12)18/h5,7,19H,3-4,6H2,1-2H3,(H,20,21). The van der Waals surface area contributed by atoms with Gasteiger partial charge >= 0.3 is 0 Å². The second-order valence-electron chi connectivity index (χ2n) is 5.53. The third-order valence-corrected chi connectivity index (χ3v) is 4.10. The number of rotatable bonds is 3. The lowest BCUT2D eigenvalue weighted by Gasteiger charge is -2.31. The third-order valence-electron chi connectivity index (χ3n) is 4.10. The number of carbonyl (C=O) groups excluding carboxylic acids is 1. The Kier molecular flexibility index (Phi) is 4.22. The van der Waals surface area contributed by atoms with Crippen molar-refractivity contribution in [2.24, 2.45) is 11.3 Å². The first-order valence-electron chi connectivity index (χ1n) is 6.64. The molecular formula is C14H16F4N2O. The van der Waals surface area contributed by atoms with E-state index in [1.807, 2.05) is 19.2 Å². The van der Waals surface area contributed by atoms with Gasteiger partial charge in [0.1, 0.15) is 5.69 Å². The molecule has 0 bridgehead atoms. The minimum absolute atomic E-state index is 0.1000. The van der Waals surface area contributed by atoms with Crippen molar-refractivity contribution < 1.29 is 22.4 Å². The average molecular weight is 304 g/mol. The molecule has 1 aromatic carbocycles. The molecule has 0 aliphatic carbocycles. The summed E-state index contributed by atoms with van der Waals surface area (Å²) in [5.74, 6) is -7.05. The second-order valence-corrected chi connectivity index (χ2v) is 5.53. The zero-order valence-electron chi connectivity index (χ0n) is 11.7. The predicted molar refractivity (Wildman–Crippen MR) is 69.7 cm³/mol. The molecule has 21 heavy (non-hydrogen) atoms. The minimum atomic E-state index is -1.60. The monoisotopic (exact) mass is 304 g/mol. The average Bonchev–Trinajstić information content (AvgIpc) is 2.92. The lowest BCUT2D eigenvalue weighted by atomic mass is 9.75. The van der Waals surface area contributed by atoms with Gasteiger partial charge in [-0.05, 0) is 18.9 Å². The van der Waals surface area contributed by atoms with Crippen LogP contribution in [0.1, 0.15) is 20.3 Å². The maximum absolute atomic E-state index is 13.6. The summed E-state index contributed by atoms with van der Waals surface area (Å²) >= 11 is 0. The van der Waals surface area contributed by atoms with Gasteiger partial charge in [0.2, 0.25) is 5.91 Å². The first-order chi connectivity index (χ1) is 9.79. The third kappa shape index (κ3) is 2.62. The second kappa shape index (κ2) is 5.63. The molecule has 1 fully saturated rings. The first kappa shape index (κ1) is 15.8. The number of hydrogen-bond acceptors (Lipinski definition) is 2. The van der Waals surface area contributed by atoms with Crippen LogP contribution in [0.15, 0.2) is 6.07 Å². The van der Waals surface area contributed by atoms with Crippen LogP contribution in [0.4, 0.5) is 23.2 Å². The van der Waals surface area contributed by atoms with Gasteiger partial charge in [0.05, 0.1) is 5.41 Å². The van der Waals surface area contributed by atoms with E-state index >= 15 is 0 Å². The van der Waals surface area contributed by atoms with Gasteiger partial charge in [-0.3, -0.25) is 4.79 Å². The van der Waals surface area contributed by atoms with Crippen LogP contribution in [0.25, 0.3) is 0 Å². The molecule has 1 aliphatic rings. The quantitative estimate of drug-likeness (QED) is 0.666. The molecule has 2 rings (SSSR count). The van der Waals surface area contributed by atoms with Crippen molar-refractivity contribution in [3.8, 4) is 0 Å². The zero-order valence-corrected chi connectivity index (χ0v) is 11.7. The molecule has 0 aromatic heterocycles. The summed E-state index contributed by atoms with van der Waals surface area (Å²) in [6.07, 6.45) is 0.484. The van der Waals surface area contributed by atoms with Crippen LogP contribution in [-0.4, -0.2) is 19.0 Å². The molecule has 0 spiro atoms. The highest BCUT2D eigenvalue weighted by molar-refractivity contribution is 5.96. The number of benzene rings is 1. The number of carbonyl (C=O) groups is 1. The van der Waals surface area contributed by atoms with Crippen LogP contribution < -0.4 is 10.6 Å². The fraction of sp³-hybridized carbons (Fsp3) is 0.500. The zero-order chi connectivity index (χ0) is 15.8. The van der Waals surface area contributed by atoms with Gasteiger partial charge in [-0.2, -0.15) is 0 Å². The topological polar surface area (TPSA) is 41.1 Å². The SMILES string of the molecule is CC(C)C1(C(=O)Nc2c(F)c(F)cc(F)c2F)CCNC1. The van der Waals surface area contributed by atoms with Crippen LogP contribution in [0, 0.1) is 34.6 Å². The summed E-state index contributed by atoms with van der Waals surface area (Å²) in [4.78, 5) is 12.4. The molecule has 0 saturated carbocycles. The number of hydrogen-bond donors (Lipinski definition) is 2. The summed E-state index contributed by atoms with van der Waals surface area (Å²) in [6, 6.07) is 0.107. The van der Waals surface area contributed by atoms with Crippen LogP contribution in [-0.2, 0) is 4.79 Å². The van der Waals surface area contributed by atoms with Crippen molar-refractivity contribution in [3.05, 3.63) is 29.3 Å². The largest absolute Gasteiger partial charge is 0.320 e. The fourth-order valence-corrected chi connectivity index (χ4v) is 2.58. The summed E-state index contributed by atoms with van der Waals surface area (Å²) < 4.78 is 53.5. The molecule has 116 valence electrons. The highest BCUT2D eigenvalue weighted by atomic mass is 19.2. The van der Waals surface area contributed by atoms with Crippen molar-refractivity contribution in [2.75, 3.05) is 18.4 Å². The molecule has 1 atom stereocenters. The van der Waals surface area contributed by atoms with Gasteiger partial charge in [0.15, 0.2) is 23.3 Å². The van der Waals surface area contributed by atoms with Crippen LogP contribution >= 0.6 is 0 Å². The summed E-state index contributed by atoms with van der Waals surface area (Å²) in [5.41, 5.74) is -1.94. The van der Waals surface area contributed by atoms with E-state index in [-0.39, 0.29) is 12.0 Å². The van der Waals surface area contributed by atoms with Crippen LogP contribution in [0.3, 0.4) is 0 Å². The highest BCUT2D eigenvalue weighted by Crippen LogP contribution is 2.36. The Morgan fingerprint density at radius 2 is 1.81 bits per heavy atom. The summed E-state index contributed by atoms with van der Waals surface area (Å²) in [7, 11) is 0. The van der Waals surface area contributed by atoms with Gasteiger partial charge in [0, 0.05) is 12.6 Å². The molecule has 1 unspecified atom stereocenters. The Labute approximate surface area is 119 Å². The summed E-state index contributed by atoms with van der Waals surface area (Å²) in [6.45, 7) is 4.56. The van der Waals surface area contributed by atoms with Gasteiger partial charge < -0.3 is 10.6 Å². The normalized spacial score (nSPS) is 21.9. The van der Waals surface area contributed by atoms with Gasteiger partial charge in [-0.1, -0.05) is 13.8 Å². The van der Waals surface area contributed by atoms with E-state index in [9.17, 15) is 22.4 Å². The minimum Gasteiger partial charge on any atom is -0.320 e. The maximum Gasteiger partial charge on any atom is 0.232 e. The van der Waals surface area contributed by atoms with E-state index in [1.54, 1.807) is 0 Å². The molecule has 3 nitrogen and oxygen atoms in total. The summed E-state index contributed by atoms with van der Waals surface area (Å²) in [5, 5.41) is 5.03. The molecule has 1 aromatic rings. The molecule has 1 amide bonds. The lowest BCUT2D eigenvalue weighted by molar-refractivity contribution is -0.126. The Morgan fingerprint density at radius 1 is 1.24 bits per heavy atom. The van der Waals surface area contributed by atoms with Crippen molar-refractivity contribution in [3.63, 3.8) is 0 Å². The van der Waals surface area contributed by atoms with E-state index in [0.29, 0.717) is 19.5 Å². The van der Waals surface area contributed by atoms with Crippen molar-refractivity contribution >= 4 is 11.6 Å². The van der Waals surface area contributed by atoms with E-state index in [2.05, 4.69) is 5.32 Å². The van der Waals surface area contributed by atoms with Gasteiger partial charge in [0.25, 0.3) is 0 Å². The van der Waals surface area contributed by atoms with Crippen molar-refractivity contribution in [1.82, 2.24) is 5.32 Å². The van der Waals surface area contributed by atoms with E-state index in [0.717, 1.165) is 0 Å². The number of halogens is 4. The number of nitrogens with one attached hydrogen (secondary N) is 2. The Hall–Kier alpha value is -1.63. The Balaban J connectivity index is 2.36. The first-order valence-corrected chi connectivity index (χ1v) is 6.64. The van der Waals surface area contributed by atoms with E-state index in [1.165, 1.54) is 0 Å². The Bertz CT molecular complexity index is 542. The molecule has 0 radical (unpaired) electrons. The maximum atomic E-state index is 13.6. The van der Waals surface area contributed by atoms with Crippen molar-refractivity contribution in [2.45, 2.75) is 20.3 Å². The predicted octanol–water partition coefficient (Wildman–Crippen LogP) is 2.82. The lowest BCUT2D eigenvalue weighted by Crippen LogP contribution is -2.42. The molecule has 2 N–H and O–H groups in total. The van der Waals surface area contributed by atoms with Crippen LogP contribution in [0.5, 0.6) is 0 Å². The molecule has 7 heteroatoms. The van der Waals surface area contributed by atoms with Crippen molar-refractivity contribution in [1.29, 1.82) is 0 Å². The van der Waals surface area contributed by atoms with Gasteiger partial charge in [-0.15, -0.1) is 0 Å². The molecule has 1 saturated heterocycles. The van der Waals surface area contributed by atoms with E-state index < -0.39 is 40.3 Å². The number of amides is 1. The molecule has 1 heterocycles. The van der Waals surface area contributed by atoms with E-state index in [4.69, 9.17) is 0 Å². The molecule has 1 aliphatic heterocycles. The Morgan fingerprint density at radius 3 is 2.24 bits per heavy atom. The van der Waals surface area contributed by atoms with Crippen LogP contribution in [0.2, 0.25) is 0 Å². The number of anilines is 1.